The van der Waals surface area contributed by atoms with Crippen molar-refractivity contribution in [2.24, 2.45) is 0 Å². The third kappa shape index (κ3) is 5.29. The molecule has 0 saturated carbocycles. The van der Waals surface area contributed by atoms with Crippen LogP contribution in [0.25, 0.3) is 0 Å². The van der Waals surface area contributed by atoms with Gasteiger partial charge in [0.1, 0.15) is 11.3 Å². The van der Waals surface area contributed by atoms with Crippen molar-refractivity contribution < 1.29 is 18.3 Å². The van der Waals surface area contributed by atoms with Crippen LogP contribution in [0.5, 0.6) is 0 Å². The number of hydrogen-bond acceptors (Lipinski definition) is 5. The summed E-state index contributed by atoms with van der Waals surface area (Å²) in [7, 11) is 0. The van der Waals surface area contributed by atoms with Crippen LogP contribution < -0.4 is 0 Å². The van der Waals surface area contributed by atoms with E-state index in [-0.39, 0.29) is 30.6 Å². The quantitative estimate of drug-likeness (QED) is 0.474. The van der Waals surface area contributed by atoms with Crippen LogP contribution in [-0.2, 0) is 11.4 Å². The zero-order valence-corrected chi connectivity index (χ0v) is 18.6. The highest BCUT2D eigenvalue weighted by molar-refractivity contribution is 5.90. The molecule has 4 rings (SSSR count). The Balaban J connectivity index is 1.47. The molecule has 3 aromatic rings. The van der Waals surface area contributed by atoms with Gasteiger partial charge in [-0.1, -0.05) is 60.7 Å². The number of nitrogens with zero attached hydrogens (tertiary/aromatic N) is 4. The number of esters is 1. The summed E-state index contributed by atoms with van der Waals surface area (Å²) >= 11 is 0. The number of piperazine rings is 1. The van der Waals surface area contributed by atoms with Crippen molar-refractivity contribution in [3.8, 4) is 0 Å². The van der Waals surface area contributed by atoms with Gasteiger partial charge in [0.25, 0.3) is 6.43 Å². The second-order valence-electron chi connectivity index (χ2n) is 7.98. The van der Waals surface area contributed by atoms with Crippen molar-refractivity contribution >= 4 is 5.97 Å². The Morgan fingerprint density at radius 1 is 0.970 bits per heavy atom. The third-order valence-corrected chi connectivity index (χ3v) is 5.92. The molecule has 0 radical (unpaired) electrons. The molecule has 0 unspecified atom stereocenters. The van der Waals surface area contributed by atoms with Gasteiger partial charge in [-0.05, 0) is 18.1 Å². The van der Waals surface area contributed by atoms with Crippen molar-refractivity contribution in [1.29, 1.82) is 0 Å². The molecule has 8 heteroatoms. The van der Waals surface area contributed by atoms with Gasteiger partial charge in [0.15, 0.2) is 0 Å². The van der Waals surface area contributed by atoms with Crippen molar-refractivity contribution in [1.82, 2.24) is 19.6 Å². The van der Waals surface area contributed by atoms with Crippen LogP contribution in [0, 0.1) is 0 Å². The molecule has 0 aliphatic carbocycles. The van der Waals surface area contributed by atoms with Gasteiger partial charge in [0, 0.05) is 26.2 Å². The van der Waals surface area contributed by atoms with Gasteiger partial charge in [-0.15, -0.1) is 0 Å². The molecular formula is C25H28F2N4O2. The number of hydrogen-bond donors (Lipinski definition) is 0. The number of halogens is 2. The van der Waals surface area contributed by atoms with Gasteiger partial charge in [0.2, 0.25) is 0 Å². The van der Waals surface area contributed by atoms with Gasteiger partial charge in [-0.3, -0.25) is 9.80 Å². The SMILES string of the molecule is CCOC(=O)c1cnn(CN2CCN(C(c3ccccc3)c3ccccc3)CC2)c1C(F)F. The van der Waals surface area contributed by atoms with Crippen molar-refractivity contribution in [2.75, 3.05) is 32.8 Å². The predicted molar refractivity (Wildman–Crippen MR) is 121 cm³/mol. The molecule has 1 fully saturated rings. The van der Waals surface area contributed by atoms with Gasteiger partial charge in [-0.25, -0.2) is 18.3 Å². The molecule has 6 nitrogen and oxygen atoms in total. The van der Waals surface area contributed by atoms with Crippen molar-refractivity contribution in [3.63, 3.8) is 0 Å². The van der Waals surface area contributed by atoms with E-state index in [1.54, 1.807) is 6.92 Å². The second kappa shape index (κ2) is 10.7. The van der Waals surface area contributed by atoms with Crippen LogP contribution in [0.1, 0.15) is 46.6 Å². The predicted octanol–water partition coefficient (Wildman–Crippen LogP) is 4.36. The highest BCUT2D eigenvalue weighted by Gasteiger charge is 2.29. The van der Waals surface area contributed by atoms with Crippen molar-refractivity contribution in [3.05, 3.63) is 89.2 Å². The minimum atomic E-state index is -2.81. The summed E-state index contributed by atoms with van der Waals surface area (Å²) in [5, 5.41) is 4.06. The number of carbonyl (C=O) groups excluding carboxylic acids is 1. The maximum Gasteiger partial charge on any atom is 0.341 e. The summed E-state index contributed by atoms with van der Waals surface area (Å²) in [6.45, 7) is 4.94. The number of rotatable bonds is 8. The molecule has 0 atom stereocenters. The molecule has 1 aromatic heterocycles. The Bertz CT molecular complexity index is 996. The van der Waals surface area contributed by atoms with Gasteiger partial charge < -0.3 is 4.74 Å². The van der Waals surface area contributed by atoms with E-state index in [1.807, 2.05) is 36.4 Å². The summed E-state index contributed by atoms with van der Waals surface area (Å²) < 4.78 is 33.6. The van der Waals surface area contributed by atoms with Crippen LogP contribution in [-0.4, -0.2) is 58.3 Å². The minimum Gasteiger partial charge on any atom is -0.462 e. The highest BCUT2D eigenvalue weighted by Crippen LogP contribution is 2.30. The number of alkyl halides is 2. The maximum atomic E-state index is 13.7. The lowest BCUT2D eigenvalue weighted by atomic mass is 9.96. The van der Waals surface area contributed by atoms with Crippen LogP contribution in [0.2, 0.25) is 0 Å². The molecule has 2 heterocycles. The fourth-order valence-corrected chi connectivity index (χ4v) is 4.34. The maximum absolute atomic E-state index is 13.7. The van der Waals surface area contributed by atoms with Gasteiger partial charge in [-0.2, -0.15) is 5.10 Å². The third-order valence-electron chi connectivity index (χ3n) is 5.92. The first-order chi connectivity index (χ1) is 16.1. The number of ether oxygens (including phenoxy) is 1. The van der Waals surface area contributed by atoms with Crippen molar-refractivity contribution in [2.45, 2.75) is 26.1 Å². The Morgan fingerprint density at radius 2 is 1.55 bits per heavy atom. The average Bonchev–Trinajstić information content (AvgIpc) is 3.26. The molecule has 0 spiro atoms. The Labute approximate surface area is 192 Å². The van der Waals surface area contributed by atoms with Crippen LogP contribution in [0.4, 0.5) is 8.78 Å². The smallest absolute Gasteiger partial charge is 0.341 e. The molecule has 1 saturated heterocycles. The average molecular weight is 455 g/mol. The molecule has 1 aliphatic rings. The largest absolute Gasteiger partial charge is 0.462 e. The second-order valence-corrected chi connectivity index (χ2v) is 7.98. The first-order valence-corrected chi connectivity index (χ1v) is 11.2. The Hall–Kier alpha value is -3.10. The summed E-state index contributed by atoms with van der Waals surface area (Å²) in [5.41, 5.74) is 1.90. The molecule has 0 amide bonds. The molecule has 0 N–H and O–H groups in total. The molecule has 174 valence electrons. The van der Waals surface area contributed by atoms with E-state index >= 15 is 0 Å². The summed E-state index contributed by atoms with van der Waals surface area (Å²) in [6.07, 6.45) is -1.63. The van der Waals surface area contributed by atoms with E-state index in [0.29, 0.717) is 13.1 Å². The van der Waals surface area contributed by atoms with E-state index < -0.39 is 12.4 Å². The summed E-state index contributed by atoms with van der Waals surface area (Å²) in [4.78, 5) is 16.5. The van der Waals surface area contributed by atoms with E-state index in [0.717, 1.165) is 13.1 Å². The number of aromatic nitrogens is 2. The van der Waals surface area contributed by atoms with Crippen LogP contribution in [0.3, 0.4) is 0 Å². The molecule has 1 aliphatic heterocycles. The summed E-state index contributed by atoms with van der Waals surface area (Å²) in [6, 6.07) is 20.9. The fourth-order valence-electron chi connectivity index (χ4n) is 4.34. The molecule has 2 aromatic carbocycles. The van der Waals surface area contributed by atoms with E-state index in [4.69, 9.17) is 4.74 Å². The molecule has 0 bridgehead atoms. The molecule has 33 heavy (non-hydrogen) atoms. The first kappa shape index (κ1) is 23.1. The normalized spacial score (nSPS) is 15.3. The topological polar surface area (TPSA) is 50.6 Å². The fraction of sp³-hybridized carbons (Fsp3) is 0.360. The van der Waals surface area contributed by atoms with E-state index in [2.05, 4.69) is 39.2 Å². The molecular weight excluding hydrogens is 426 g/mol. The number of benzene rings is 2. The zero-order chi connectivity index (χ0) is 23.2. The first-order valence-electron chi connectivity index (χ1n) is 11.2. The van der Waals surface area contributed by atoms with Gasteiger partial charge >= 0.3 is 5.97 Å². The Morgan fingerprint density at radius 3 is 2.06 bits per heavy atom. The van der Waals surface area contributed by atoms with Gasteiger partial charge in [0.05, 0.1) is 25.5 Å². The number of carbonyl (C=O) groups is 1. The monoisotopic (exact) mass is 454 g/mol. The summed E-state index contributed by atoms with van der Waals surface area (Å²) in [5.74, 6) is -0.766. The van der Waals surface area contributed by atoms with Crippen LogP contribution >= 0.6 is 0 Å². The lowest BCUT2D eigenvalue weighted by Crippen LogP contribution is -2.48. The van der Waals surface area contributed by atoms with E-state index in [9.17, 15) is 13.6 Å². The minimum absolute atomic E-state index is 0.124. The zero-order valence-electron chi connectivity index (χ0n) is 18.6. The lowest BCUT2D eigenvalue weighted by molar-refractivity contribution is 0.0507. The Kier molecular flexibility index (Phi) is 7.47. The van der Waals surface area contributed by atoms with E-state index in [1.165, 1.54) is 22.0 Å². The standard InChI is InChI=1S/C25H28F2N4O2/c1-2-33-25(32)21-17-28-31(23(21)24(26)27)18-29-13-15-30(16-14-29)22(19-9-5-3-6-10-19)20-11-7-4-8-12-20/h3-12,17,22,24H,2,13-16,18H2,1H3. The van der Waals surface area contributed by atoms with Crippen LogP contribution in [0.15, 0.2) is 66.9 Å². The lowest BCUT2D eigenvalue weighted by Gasteiger charge is -2.39. The highest BCUT2D eigenvalue weighted by atomic mass is 19.3.